The average molecular weight is 361 g/mol. The Morgan fingerprint density at radius 1 is 1.19 bits per heavy atom. The molecule has 5 nitrogen and oxygen atoms in total. The molecule has 0 bridgehead atoms. The van der Waals surface area contributed by atoms with Gasteiger partial charge in [0, 0.05) is 24.3 Å². The summed E-state index contributed by atoms with van der Waals surface area (Å²) in [5.41, 5.74) is -0.716. The van der Waals surface area contributed by atoms with Crippen LogP contribution in [0.25, 0.3) is 0 Å². The van der Waals surface area contributed by atoms with Gasteiger partial charge in [-0.1, -0.05) is 48.2 Å². The highest BCUT2D eigenvalue weighted by atomic mass is 16.5. The van der Waals surface area contributed by atoms with Gasteiger partial charge in [-0.05, 0) is 25.1 Å². The van der Waals surface area contributed by atoms with Crippen molar-refractivity contribution in [1.29, 1.82) is 0 Å². The fourth-order valence-corrected chi connectivity index (χ4v) is 3.03. The van der Waals surface area contributed by atoms with Gasteiger partial charge in [-0.25, -0.2) is 4.79 Å². The molecule has 0 saturated heterocycles. The van der Waals surface area contributed by atoms with Crippen LogP contribution in [0.2, 0.25) is 0 Å². The average Bonchev–Trinajstić information content (AvgIpc) is 2.88. The summed E-state index contributed by atoms with van der Waals surface area (Å²) in [4.78, 5) is 26.7. The van der Waals surface area contributed by atoms with E-state index in [0.717, 1.165) is 5.56 Å². The van der Waals surface area contributed by atoms with Crippen LogP contribution < -0.4 is 4.90 Å². The van der Waals surface area contributed by atoms with Crippen molar-refractivity contribution in [2.75, 3.05) is 18.6 Å². The number of para-hydroxylation sites is 1. The van der Waals surface area contributed by atoms with Gasteiger partial charge in [0.15, 0.2) is 0 Å². The highest BCUT2D eigenvalue weighted by Crippen LogP contribution is 2.44. The summed E-state index contributed by atoms with van der Waals surface area (Å²) >= 11 is 0. The van der Waals surface area contributed by atoms with E-state index in [1.165, 1.54) is 11.0 Å². The second kappa shape index (κ2) is 7.48. The molecule has 1 heterocycles. The molecule has 0 radical (unpaired) electrons. The molecule has 1 N–H and O–H groups in total. The third kappa shape index (κ3) is 3.23. The van der Waals surface area contributed by atoms with Gasteiger partial charge < -0.3 is 14.7 Å². The second-order valence-corrected chi connectivity index (χ2v) is 6.01. The first kappa shape index (κ1) is 18.4. The minimum absolute atomic E-state index is 0.115. The lowest BCUT2D eigenvalue weighted by molar-refractivity contribution is -0.145. The third-order valence-corrected chi connectivity index (χ3v) is 4.36. The number of carbonyl (C=O) groups is 2. The minimum Gasteiger partial charge on any atom is -0.463 e. The Hall–Kier alpha value is -3.36. The number of benzene rings is 2. The maximum atomic E-state index is 12.8. The predicted molar refractivity (Wildman–Crippen MR) is 102 cm³/mol. The summed E-state index contributed by atoms with van der Waals surface area (Å²) in [6.45, 7) is 1.77. The molecule has 2 aromatic rings. The lowest BCUT2D eigenvalue weighted by Crippen LogP contribution is -2.42. The summed E-state index contributed by atoms with van der Waals surface area (Å²) < 4.78 is 5.08. The van der Waals surface area contributed by atoms with E-state index in [-0.39, 0.29) is 12.2 Å². The topological polar surface area (TPSA) is 66.8 Å². The summed E-state index contributed by atoms with van der Waals surface area (Å²) in [7, 11) is 1.55. The fraction of sp³-hybridized carbons (Fsp3) is 0.182. The molecule has 1 atom stereocenters. The van der Waals surface area contributed by atoms with Gasteiger partial charge in [0.2, 0.25) is 5.60 Å². The largest absolute Gasteiger partial charge is 0.463 e. The lowest BCUT2D eigenvalue weighted by Gasteiger charge is -2.23. The number of anilines is 1. The van der Waals surface area contributed by atoms with E-state index < -0.39 is 17.5 Å². The number of nitrogens with zero attached hydrogens (tertiary/aromatic N) is 1. The van der Waals surface area contributed by atoms with E-state index in [4.69, 9.17) is 4.74 Å². The molecule has 0 saturated carbocycles. The van der Waals surface area contributed by atoms with E-state index in [2.05, 4.69) is 11.8 Å². The number of fused-ring (bicyclic) bond motifs is 1. The third-order valence-electron chi connectivity index (χ3n) is 4.36. The number of rotatable bonds is 3. The SMILES string of the molecule is CCOC(=O)/C(=C\C#Cc1ccccc1)C1(O)C(=O)N(C)c2ccccc21. The first-order valence-electron chi connectivity index (χ1n) is 8.54. The molecule has 136 valence electrons. The minimum atomic E-state index is -2.14. The number of amides is 1. The molecule has 1 aliphatic heterocycles. The first-order valence-corrected chi connectivity index (χ1v) is 8.54. The number of aliphatic hydroxyl groups is 1. The van der Waals surface area contributed by atoms with Crippen LogP contribution in [-0.2, 0) is 19.9 Å². The van der Waals surface area contributed by atoms with Gasteiger partial charge in [0.25, 0.3) is 5.91 Å². The number of carbonyl (C=O) groups excluding carboxylic acids is 2. The van der Waals surface area contributed by atoms with Gasteiger partial charge in [0.1, 0.15) is 0 Å². The quantitative estimate of drug-likeness (QED) is 0.518. The van der Waals surface area contributed by atoms with Gasteiger partial charge in [-0.3, -0.25) is 4.79 Å². The van der Waals surface area contributed by atoms with Crippen molar-refractivity contribution in [2.24, 2.45) is 0 Å². The number of likely N-dealkylation sites (N-methyl/N-ethyl adjacent to an activating group) is 1. The maximum absolute atomic E-state index is 12.8. The number of ether oxygens (including phenoxy) is 1. The predicted octanol–water partition coefficient (Wildman–Crippen LogP) is 2.39. The Morgan fingerprint density at radius 3 is 2.56 bits per heavy atom. The van der Waals surface area contributed by atoms with Crippen molar-refractivity contribution in [3.63, 3.8) is 0 Å². The number of hydrogen-bond acceptors (Lipinski definition) is 4. The highest BCUT2D eigenvalue weighted by molar-refractivity contribution is 6.13. The maximum Gasteiger partial charge on any atom is 0.338 e. The van der Waals surface area contributed by atoms with Crippen LogP contribution in [0.15, 0.2) is 66.2 Å². The number of esters is 1. The molecule has 0 aliphatic carbocycles. The molecule has 5 heteroatoms. The zero-order valence-electron chi connectivity index (χ0n) is 15.1. The summed E-state index contributed by atoms with van der Waals surface area (Å²) in [5, 5.41) is 11.3. The Labute approximate surface area is 157 Å². The first-order chi connectivity index (χ1) is 13.0. The Kier molecular flexibility index (Phi) is 5.11. The van der Waals surface area contributed by atoms with E-state index in [1.54, 1.807) is 38.2 Å². The monoisotopic (exact) mass is 361 g/mol. The number of allylic oxidation sites excluding steroid dienone is 1. The van der Waals surface area contributed by atoms with E-state index in [1.807, 2.05) is 30.3 Å². The summed E-state index contributed by atoms with van der Waals surface area (Å²) in [5.74, 6) is 4.26. The zero-order chi connectivity index (χ0) is 19.4. The smallest absolute Gasteiger partial charge is 0.338 e. The fourth-order valence-electron chi connectivity index (χ4n) is 3.03. The molecule has 27 heavy (non-hydrogen) atoms. The molecule has 0 spiro atoms. The Balaban J connectivity index is 2.11. The molecule has 0 aromatic heterocycles. The zero-order valence-corrected chi connectivity index (χ0v) is 15.1. The van der Waals surface area contributed by atoms with Crippen LogP contribution in [0.5, 0.6) is 0 Å². The normalized spacial score (nSPS) is 18.6. The highest BCUT2D eigenvalue weighted by Gasteiger charge is 2.53. The summed E-state index contributed by atoms with van der Waals surface area (Å²) in [6.07, 6.45) is 1.26. The molecular formula is C22H19NO4. The number of hydrogen-bond donors (Lipinski definition) is 1. The second-order valence-electron chi connectivity index (χ2n) is 6.01. The van der Waals surface area contributed by atoms with Crippen molar-refractivity contribution in [3.8, 4) is 11.8 Å². The van der Waals surface area contributed by atoms with Crippen molar-refractivity contribution in [2.45, 2.75) is 12.5 Å². The van der Waals surface area contributed by atoms with Crippen molar-refractivity contribution in [3.05, 3.63) is 77.4 Å². The molecule has 1 unspecified atom stereocenters. The van der Waals surface area contributed by atoms with Gasteiger partial charge in [0.05, 0.1) is 17.9 Å². The van der Waals surface area contributed by atoms with Crippen LogP contribution in [-0.4, -0.2) is 30.6 Å². The van der Waals surface area contributed by atoms with Gasteiger partial charge in [-0.2, -0.15) is 0 Å². The van der Waals surface area contributed by atoms with E-state index >= 15 is 0 Å². The molecule has 1 amide bonds. The molecule has 3 rings (SSSR count). The lowest BCUT2D eigenvalue weighted by atomic mass is 9.86. The Morgan fingerprint density at radius 2 is 1.85 bits per heavy atom. The van der Waals surface area contributed by atoms with Crippen molar-refractivity contribution in [1.82, 2.24) is 0 Å². The van der Waals surface area contributed by atoms with Crippen molar-refractivity contribution >= 4 is 17.6 Å². The molecule has 2 aromatic carbocycles. The Bertz CT molecular complexity index is 969. The van der Waals surface area contributed by atoms with Crippen LogP contribution in [0.3, 0.4) is 0 Å². The molecule has 0 fully saturated rings. The van der Waals surface area contributed by atoms with Gasteiger partial charge in [-0.15, -0.1) is 0 Å². The summed E-state index contributed by atoms with van der Waals surface area (Å²) in [6, 6.07) is 16.0. The van der Waals surface area contributed by atoms with E-state index in [0.29, 0.717) is 11.3 Å². The van der Waals surface area contributed by atoms with Crippen molar-refractivity contribution < 1.29 is 19.4 Å². The van der Waals surface area contributed by atoms with Gasteiger partial charge >= 0.3 is 5.97 Å². The van der Waals surface area contributed by atoms with Crippen LogP contribution in [0.4, 0.5) is 5.69 Å². The molecule has 1 aliphatic rings. The standard InChI is InChI=1S/C22H19NO4/c1-3-27-20(24)18(14-9-12-16-10-5-4-6-11-16)22(26)17-13-7-8-15-19(17)23(2)21(22)25/h4-8,10-11,13-15,26H,3H2,1-2H3/b18-14+. The molecular weight excluding hydrogens is 342 g/mol. The van der Waals surface area contributed by atoms with Crippen LogP contribution in [0.1, 0.15) is 18.1 Å². The van der Waals surface area contributed by atoms with Crippen LogP contribution in [0, 0.1) is 11.8 Å². The van der Waals surface area contributed by atoms with E-state index in [9.17, 15) is 14.7 Å². The van der Waals surface area contributed by atoms with Crippen LogP contribution >= 0.6 is 0 Å².